The van der Waals surface area contributed by atoms with E-state index in [0.29, 0.717) is 6.04 Å². The quantitative estimate of drug-likeness (QED) is 0.788. The van der Waals surface area contributed by atoms with Gasteiger partial charge >= 0.3 is 0 Å². The number of likely N-dealkylation sites (tertiary alicyclic amines) is 1. The molecule has 0 saturated carbocycles. The Balaban J connectivity index is 1.57. The van der Waals surface area contributed by atoms with E-state index in [1.165, 1.54) is 23.1 Å². The summed E-state index contributed by atoms with van der Waals surface area (Å²) in [5, 5.41) is 11.7. The minimum absolute atomic E-state index is 0.336. The lowest BCUT2D eigenvalue weighted by molar-refractivity contribution is 0.237. The van der Waals surface area contributed by atoms with Crippen LogP contribution in [0.2, 0.25) is 0 Å². The van der Waals surface area contributed by atoms with Crippen molar-refractivity contribution in [3.63, 3.8) is 0 Å². The summed E-state index contributed by atoms with van der Waals surface area (Å²) in [6, 6.07) is 11.0. The maximum absolute atomic E-state index is 5.27. The molecule has 1 atom stereocenters. The van der Waals surface area contributed by atoms with Crippen LogP contribution < -0.4 is 0 Å². The fourth-order valence-corrected chi connectivity index (χ4v) is 3.51. The molecule has 24 heavy (non-hydrogen) atoms. The van der Waals surface area contributed by atoms with Crippen molar-refractivity contribution in [1.29, 1.82) is 0 Å². The van der Waals surface area contributed by atoms with Crippen LogP contribution in [-0.2, 0) is 6.54 Å². The topological polar surface area (TPSA) is 58.0 Å². The molecule has 0 amide bonds. The van der Waals surface area contributed by atoms with E-state index in [4.69, 9.17) is 4.52 Å². The first-order valence-corrected chi connectivity index (χ1v) is 8.47. The predicted molar refractivity (Wildman–Crippen MR) is 92.4 cm³/mol. The van der Waals surface area contributed by atoms with E-state index in [9.17, 15) is 0 Å². The Kier molecular flexibility index (Phi) is 3.94. The van der Waals surface area contributed by atoms with Crippen molar-refractivity contribution in [1.82, 2.24) is 20.3 Å². The van der Waals surface area contributed by atoms with Gasteiger partial charge in [-0.1, -0.05) is 35.0 Å². The summed E-state index contributed by atoms with van der Waals surface area (Å²) >= 11 is 0. The van der Waals surface area contributed by atoms with Crippen molar-refractivity contribution in [2.24, 2.45) is 0 Å². The summed E-state index contributed by atoms with van der Waals surface area (Å²) in [6.45, 7) is 6.00. The van der Waals surface area contributed by atoms with Crippen LogP contribution in [-0.4, -0.2) is 26.8 Å². The van der Waals surface area contributed by atoms with Gasteiger partial charge in [-0.15, -0.1) is 0 Å². The van der Waals surface area contributed by atoms with Gasteiger partial charge in [0.15, 0.2) is 0 Å². The first-order chi connectivity index (χ1) is 11.7. The number of nitrogens with one attached hydrogen (secondary N) is 1. The molecule has 5 nitrogen and oxygen atoms in total. The Labute approximate surface area is 141 Å². The zero-order valence-electron chi connectivity index (χ0n) is 14.1. The van der Waals surface area contributed by atoms with Crippen LogP contribution in [0.4, 0.5) is 0 Å². The maximum Gasteiger partial charge on any atom is 0.133 e. The van der Waals surface area contributed by atoms with E-state index in [-0.39, 0.29) is 0 Å². The van der Waals surface area contributed by atoms with E-state index >= 15 is 0 Å². The highest BCUT2D eigenvalue weighted by Gasteiger charge is 2.29. The van der Waals surface area contributed by atoms with Gasteiger partial charge in [0.25, 0.3) is 0 Å². The second-order valence-electron chi connectivity index (χ2n) is 6.63. The van der Waals surface area contributed by atoms with E-state index in [2.05, 4.69) is 57.5 Å². The third-order valence-corrected chi connectivity index (χ3v) is 4.78. The molecule has 1 N–H and O–H groups in total. The fraction of sp³-hybridized carbons (Fsp3) is 0.368. The molecule has 4 rings (SSSR count). The molecule has 1 aromatic carbocycles. The zero-order valence-corrected chi connectivity index (χ0v) is 14.1. The van der Waals surface area contributed by atoms with E-state index in [1.807, 2.05) is 13.1 Å². The molecule has 1 aliphatic rings. The molecule has 0 aliphatic carbocycles. The number of aryl methyl sites for hydroxylation is 2. The minimum atomic E-state index is 0.336. The number of benzene rings is 1. The molecule has 3 heterocycles. The molecular weight excluding hydrogens is 300 g/mol. The van der Waals surface area contributed by atoms with Gasteiger partial charge < -0.3 is 4.52 Å². The van der Waals surface area contributed by atoms with Crippen LogP contribution in [0.15, 0.2) is 41.1 Å². The van der Waals surface area contributed by atoms with Gasteiger partial charge in [-0.25, -0.2) is 0 Å². The van der Waals surface area contributed by atoms with Gasteiger partial charge in [-0.3, -0.25) is 10.00 Å². The average molecular weight is 322 g/mol. The van der Waals surface area contributed by atoms with Gasteiger partial charge in [0.2, 0.25) is 0 Å². The summed E-state index contributed by atoms with van der Waals surface area (Å²) < 4.78 is 5.27. The second-order valence-corrected chi connectivity index (χ2v) is 6.63. The Hall–Kier alpha value is -2.40. The van der Waals surface area contributed by atoms with Crippen molar-refractivity contribution in [2.75, 3.05) is 6.54 Å². The molecule has 0 bridgehead atoms. The molecular formula is C19H22N4O. The third kappa shape index (κ3) is 2.87. The first kappa shape index (κ1) is 15.1. The minimum Gasteiger partial charge on any atom is -0.361 e. The summed E-state index contributed by atoms with van der Waals surface area (Å²) in [7, 11) is 0. The standard InChI is InChI=1S/C19H22N4O/c1-13-5-7-15(8-6-13)19-16(11-20-21-19)12-23-9-3-4-18(23)17-10-14(2)24-22-17/h5-8,10-11,18H,3-4,9,12H2,1-2H3,(H,20,21)/t18-/m0/s1. The van der Waals surface area contributed by atoms with E-state index in [1.54, 1.807) is 0 Å². The number of aromatic amines is 1. The SMILES string of the molecule is Cc1ccc(-c2[nH]ncc2CN2CCC[C@H]2c2cc(C)on2)cc1. The lowest BCUT2D eigenvalue weighted by atomic mass is 10.1. The largest absolute Gasteiger partial charge is 0.361 e. The fourth-order valence-electron chi connectivity index (χ4n) is 3.51. The number of rotatable bonds is 4. The molecule has 0 radical (unpaired) electrons. The number of hydrogen-bond acceptors (Lipinski definition) is 4. The van der Waals surface area contributed by atoms with Crippen molar-refractivity contribution in [3.8, 4) is 11.3 Å². The van der Waals surface area contributed by atoms with Crippen LogP contribution in [0.5, 0.6) is 0 Å². The van der Waals surface area contributed by atoms with Crippen LogP contribution in [0.3, 0.4) is 0 Å². The number of nitrogens with zero attached hydrogens (tertiary/aromatic N) is 3. The summed E-state index contributed by atoms with van der Waals surface area (Å²) in [5.41, 5.74) is 5.83. The first-order valence-electron chi connectivity index (χ1n) is 8.47. The highest BCUT2D eigenvalue weighted by atomic mass is 16.5. The van der Waals surface area contributed by atoms with E-state index in [0.717, 1.165) is 36.7 Å². The smallest absolute Gasteiger partial charge is 0.133 e. The monoisotopic (exact) mass is 322 g/mol. The van der Waals surface area contributed by atoms with Gasteiger partial charge in [0.1, 0.15) is 11.5 Å². The Morgan fingerprint density at radius 2 is 2.08 bits per heavy atom. The number of hydrogen-bond donors (Lipinski definition) is 1. The summed E-state index contributed by atoms with van der Waals surface area (Å²) in [5.74, 6) is 0.875. The predicted octanol–water partition coefficient (Wildman–Crippen LogP) is 4.02. The van der Waals surface area contributed by atoms with Crippen LogP contribution in [0.25, 0.3) is 11.3 Å². The van der Waals surface area contributed by atoms with E-state index < -0.39 is 0 Å². The molecule has 0 unspecified atom stereocenters. The van der Waals surface area contributed by atoms with Gasteiger partial charge in [-0.2, -0.15) is 5.10 Å². The zero-order chi connectivity index (χ0) is 16.5. The van der Waals surface area contributed by atoms with Crippen molar-refractivity contribution in [3.05, 3.63) is 59.1 Å². The van der Waals surface area contributed by atoms with Crippen LogP contribution in [0, 0.1) is 13.8 Å². The summed E-state index contributed by atoms with van der Waals surface area (Å²) in [6.07, 6.45) is 4.26. The maximum atomic E-state index is 5.27. The molecule has 3 aromatic rings. The normalized spacial score (nSPS) is 18.3. The number of H-pyrrole nitrogens is 1. The highest BCUT2D eigenvalue weighted by Crippen LogP contribution is 2.34. The van der Waals surface area contributed by atoms with Crippen LogP contribution >= 0.6 is 0 Å². The van der Waals surface area contributed by atoms with Gasteiger partial charge in [-0.05, 0) is 38.8 Å². The van der Waals surface area contributed by atoms with Crippen molar-refractivity contribution in [2.45, 2.75) is 39.3 Å². The van der Waals surface area contributed by atoms with Crippen molar-refractivity contribution >= 4 is 0 Å². The molecule has 1 fully saturated rings. The lowest BCUT2D eigenvalue weighted by Crippen LogP contribution is -2.23. The van der Waals surface area contributed by atoms with Crippen molar-refractivity contribution < 1.29 is 4.52 Å². The van der Waals surface area contributed by atoms with Gasteiger partial charge in [0, 0.05) is 18.2 Å². The Morgan fingerprint density at radius 1 is 1.25 bits per heavy atom. The molecule has 2 aromatic heterocycles. The third-order valence-electron chi connectivity index (χ3n) is 4.78. The lowest BCUT2D eigenvalue weighted by Gasteiger charge is -2.22. The summed E-state index contributed by atoms with van der Waals surface area (Å²) in [4.78, 5) is 2.47. The Morgan fingerprint density at radius 3 is 2.83 bits per heavy atom. The number of aromatic nitrogens is 3. The molecule has 1 saturated heterocycles. The second kappa shape index (κ2) is 6.24. The van der Waals surface area contributed by atoms with Crippen LogP contribution in [0.1, 0.15) is 41.5 Å². The van der Waals surface area contributed by atoms with Gasteiger partial charge in [0.05, 0.1) is 17.9 Å². The Bertz CT molecular complexity index is 818. The molecule has 124 valence electrons. The average Bonchev–Trinajstić information content (AvgIpc) is 3.30. The molecule has 1 aliphatic heterocycles. The molecule has 5 heteroatoms. The highest BCUT2D eigenvalue weighted by molar-refractivity contribution is 5.62. The molecule has 0 spiro atoms.